The molecule has 1 N–H and O–H groups in total. The van der Waals surface area contributed by atoms with E-state index in [2.05, 4.69) is 10.2 Å². The molecule has 0 saturated carbocycles. The Bertz CT molecular complexity index is 643. The van der Waals surface area contributed by atoms with Crippen molar-refractivity contribution in [1.82, 2.24) is 15.1 Å². The van der Waals surface area contributed by atoms with Gasteiger partial charge in [-0.25, -0.2) is 0 Å². The molecule has 6 heteroatoms. The average Bonchev–Trinajstić information content (AvgIpc) is 3.13. The Balaban J connectivity index is 1.63. The lowest BCUT2D eigenvalue weighted by Crippen LogP contribution is -2.49. The summed E-state index contributed by atoms with van der Waals surface area (Å²) in [5.74, 6) is 0.809. The Kier molecular flexibility index (Phi) is 7.10. The molecule has 0 bridgehead atoms. The number of nitrogens with zero attached hydrogens (tertiary/aromatic N) is 2. The third-order valence-electron chi connectivity index (χ3n) is 5.53. The van der Waals surface area contributed by atoms with Crippen LogP contribution in [0.1, 0.15) is 44.1 Å². The van der Waals surface area contributed by atoms with Crippen molar-refractivity contribution in [3.8, 4) is 5.75 Å². The summed E-state index contributed by atoms with van der Waals surface area (Å²) < 4.78 is 5.28. The third kappa shape index (κ3) is 5.45. The van der Waals surface area contributed by atoms with Gasteiger partial charge in [0.25, 0.3) is 0 Å². The molecular formula is C21H31N3O3. The van der Waals surface area contributed by atoms with E-state index in [9.17, 15) is 9.59 Å². The number of hydrogen-bond acceptors (Lipinski definition) is 4. The Hall–Kier alpha value is -2.08. The fraction of sp³-hybridized carbons (Fsp3) is 0.619. The van der Waals surface area contributed by atoms with Crippen molar-refractivity contribution in [3.05, 3.63) is 29.8 Å². The Labute approximate surface area is 161 Å². The number of methoxy groups -OCH3 is 1. The fourth-order valence-electron chi connectivity index (χ4n) is 3.99. The summed E-state index contributed by atoms with van der Waals surface area (Å²) in [6.45, 7) is 4.23. The zero-order chi connectivity index (χ0) is 19.1. The van der Waals surface area contributed by atoms with Gasteiger partial charge in [0.05, 0.1) is 7.11 Å². The first kappa shape index (κ1) is 19.7. The number of nitrogens with one attached hydrogen (secondary N) is 1. The Morgan fingerprint density at radius 1 is 1.22 bits per heavy atom. The van der Waals surface area contributed by atoms with E-state index in [1.165, 1.54) is 12.8 Å². The van der Waals surface area contributed by atoms with Crippen molar-refractivity contribution in [3.63, 3.8) is 0 Å². The van der Waals surface area contributed by atoms with Crippen molar-refractivity contribution in [2.45, 2.75) is 51.1 Å². The van der Waals surface area contributed by atoms with Crippen LogP contribution in [0, 0.1) is 0 Å². The summed E-state index contributed by atoms with van der Waals surface area (Å²) in [5.41, 5.74) is 0.986. The van der Waals surface area contributed by atoms with E-state index in [-0.39, 0.29) is 17.9 Å². The van der Waals surface area contributed by atoms with E-state index in [1.807, 2.05) is 24.3 Å². The lowest BCUT2D eigenvalue weighted by Gasteiger charge is -2.29. The van der Waals surface area contributed by atoms with Crippen LogP contribution >= 0.6 is 0 Å². The van der Waals surface area contributed by atoms with Crippen molar-refractivity contribution < 1.29 is 14.3 Å². The highest BCUT2D eigenvalue weighted by Gasteiger charge is 2.31. The second-order valence-corrected chi connectivity index (χ2v) is 7.47. The van der Waals surface area contributed by atoms with E-state index < -0.39 is 0 Å². The molecule has 0 radical (unpaired) electrons. The molecule has 2 aliphatic heterocycles. The van der Waals surface area contributed by atoms with Gasteiger partial charge in [-0.1, -0.05) is 18.6 Å². The summed E-state index contributed by atoms with van der Waals surface area (Å²) in [5, 5.41) is 3.07. The highest BCUT2D eigenvalue weighted by atomic mass is 16.5. The monoisotopic (exact) mass is 373 g/mol. The normalized spacial score (nSPS) is 21.1. The molecule has 2 heterocycles. The maximum Gasteiger partial charge on any atom is 0.242 e. The van der Waals surface area contributed by atoms with Gasteiger partial charge in [-0.05, 0) is 56.5 Å². The van der Waals surface area contributed by atoms with Gasteiger partial charge in [0, 0.05) is 26.1 Å². The highest BCUT2D eigenvalue weighted by Crippen LogP contribution is 2.22. The zero-order valence-electron chi connectivity index (χ0n) is 16.3. The molecule has 0 spiro atoms. The summed E-state index contributed by atoms with van der Waals surface area (Å²) in [7, 11) is 1.63. The number of ether oxygens (including phenoxy) is 1. The topological polar surface area (TPSA) is 61.9 Å². The van der Waals surface area contributed by atoms with Gasteiger partial charge < -0.3 is 19.9 Å². The summed E-state index contributed by atoms with van der Waals surface area (Å²) >= 11 is 0. The molecule has 1 unspecified atom stereocenters. The first-order valence-corrected chi connectivity index (χ1v) is 10.1. The molecule has 2 amide bonds. The van der Waals surface area contributed by atoms with E-state index in [0.29, 0.717) is 19.5 Å². The number of amides is 2. The molecular weight excluding hydrogens is 342 g/mol. The summed E-state index contributed by atoms with van der Waals surface area (Å²) in [6.07, 6.45) is 5.50. The number of likely N-dealkylation sites (tertiary alicyclic amines) is 2. The largest absolute Gasteiger partial charge is 0.497 e. The van der Waals surface area contributed by atoms with Gasteiger partial charge in [-0.3, -0.25) is 9.59 Å². The highest BCUT2D eigenvalue weighted by molar-refractivity contribution is 5.88. The summed E-state index contributed by atoms with van der Waals surface area (Å²) in [4.78, 5) is 29.7. The number of carbonyl (C=O) groups is 2. The van der Waals surface area contributed by atoms with Crippen molar-refractivity contribution in [2.24, 2.45) is 0 Å². The lowest BCUT2D eigenvalue weighted by molar-refractivity contribution is -0.140. The minimum atomic E-state index is -0.384. The molecule has 3 rings (SSSR count). The predicted molar refractivity (Wildman–Crippen MR) is 104 cm³/mol. The van der Waals surface area contributed by atoms with Crippen LogP contribution in [-0.2, 0) is 16.1 Å². The van der Waals surface area contributed by atoms with Crippen LogP contribution in [0.5, 0.6) is 5.75 Å². The van der Waals surface area contributed by atoms with E-state index in [0.717, 1.165) is 50.2 Å². The first-order chi connectivity index (χ1) is 13.2. The van der Waals surface area contributed by atoms with Crippen molar-refractivity contribution in [2.75, 3.05) is 33.3 Å². The molecule has 6 nitrogen and oxygen atoms in total. The van der Waals surface area contributed by atoms with Gasteiger partial charge >= 0.3 is 0 Å². The second-order valence-electron chi connectivity index (χ2n) is 7.47. The Morgan fingerprint density at radius 3 is 2.81 bits per heavy atom. The molecule has 0 aliphatic carbocycles. The number of rotatable bonds is 7. The van der Waals surface area contributed by atoms with E-state index in [1.54, 1.807) is 12.0 Å². The quantitative estimate of drug-likeness (QED) is 0.796. The van der Waals surface area contributed by atoms with Gasteiger partial charge in [0.15, 0.2) is 0 Å². The summed E-state index contributed by atoms with van der Waals surface area (Å²) in [6, 6.07) is 7.33. The number of hydrogen-bond donors (Lipinski definition) is 1. The molecule has 2 saturated heterocycles. The molecule has 2 aliphatic rings. The van der Waals surface area contributed by atoms with Gasteiger partial charge in [-0.2, -0.15) is 0 Å². The minimum absolute atomic E-state index is 0.0210. The first-order valence-electron chi connectivity index (χ1n) is 10.1. The molecule has 148 valence electrons. The van der Waals surface area contributed by atoms with Gasteiger partial charge in [-0.15, -0.1) is 0 Å². The van der Waals surface area contributed by atoms with Crippen LogP contribution in [0.4, 0.5) is 0 Å². The van der Waals surface area contributed by atoms with Crippen molar-refractivity contribution >= 4 is 11.8 Å². The predicted octanol–water partition coefficient (Wildman–Crippen LogP) is 2.18. The molecule has 27 heavy (non-hydrogen) atoms. The Morgan fingerprint density at radius 2 is 2.04 bits per heavy atom. The van der Waals surface area contributed by atoms with Crippen molar-refractivity contribution in [1.29, 1.82) is 0 Å². The van der Waals surface area contributed by atoms with Crippen LogP contribution in [0.2, 0.25) is 0 Å². The molecule has 1 aromatic rings. The van der Waals surface area contributed by atoms with Gasteiger partial charge in [0.2, 0.25) is 11.8 Å². The van der Waals surface area contributed by atoms with Crippen LogP contribution in [-0.4, -0.2) is 60.9 Å². The zero-order valence-corrected chi connectivity index (χ0v) is 16.3. The van der Waals surface area contributed by atoms with Crippen LogP contribution in [0.25, 0.3) is 0 Å². The third-order valence-corrected chi connectivity index (χ3v) is 5.53. The fourth-order valence-corrected chi connectivity index (χ4v) is 3.99. The number of benzene rings is 1. The second kappa shape index (κ2) is 9.74. The smallest absolute Gasteiger partial charge is 0.242 e. The molecule has 1 atom stereocenters. The van der Waals surface area contributed by atoms with Crippen LogP contribution in [0.3, 0.4) is 0 Å². The molecule has 2 fully saturated rings. The van der Waals surface area contributed by atoms with E-state index in [4.69, 9.17) is 4.74 Å². The van der Waals surface area contributed by atoms with Crippen LogP contribution in [0.15, 0.2) is 24.3 Å². The maximum absolute atomic E-state index is 12.8. The SMILES string of the molecule is COc1cccc(CN2C(=O)CCCCC2C(=O)NCCN2CCCC2)c1. The maximum atomic E-state index is 12.8. The lowest BCUT2D eigenvalue weighted by atomic mass is 10.1. The number of carbonyl (C=O) groups excluding carboxylic acids is 2. The van der Waals surface area contributed by atoms with Crippen LogP contribution < -0.4 is 10.1 Å². The molecule has 0 aromatic heterocycles. The average molecular weight is 373 g/mol. The standard InChI is InChI=1S/C21H31N3O3/c1-27-18-8-6-7-17(15-18)16-24-19(9-2-3-10-20(24)25)21(26)22-11-14-23-12-4-5-13-23/h6-8,15,19H,2-5,9-14,16H2,1H3,(H,22,26). The molecule has 1 aromatic carbocycles. The van der Waals surface area contributed by atoms with Gasteiger partial charge in [0.1, 0.15) is 11.8 Å². The minimum Gasteiger partial charge on any atom is -0.497 e. The van der Waals surface area contributed by atoms with E-state index >= 15 is 0 Å².